The van der Waals surface area contributed by atoms with Crippen LogP contribution in [0, 0.1) is 11.3 Å². The van der Waals surface area contributed by atoms with E-state index < -0.39 is 0 Å². The lowest BCUT2D eigenvalue weighted by molar-refractivity contribution is 0.145. The van der Waals surface area contributed by atoms with Crippen molar-refractivity contribution in [2.45, 2.75) is 46.1 Å². The standard InChI is InChI=1S/C18H30N2/c1-5-20(16-9-7-6-8-10-16)14-15-13-18(2,3)12-11-17(15)19-4/h6-10,15,17,19H,5,11-14H2,1-4H3. The molecule has 2 atom stereocenters. The predicted octanol–water partition coefficient (Wildman–Crippen LogP) is 3.93. The summed E-state index contributed by atoms with van der Waals surface area (Å²) in [4.78, 5) is 2.52. The molecule has 20 heavy (non-hydrogen) atoms. The molecule has 2 unspecified atom stereocenters. The van der Waals surface area contributed by atoms with Gasteiger partial charge in [0.05, 0.1) is 0 Å². The Hall–Kier alpha value is -1.02. The Labute approximate surface area is 124 Å². The monoisotopic (exact) mass is 274 g/mol. The summed E-state index contributed by atoms with van der Waals surface area (Å²) < 4.78 is 0. The Morgan fingerprint density at radius 2 is 1.95 bits per heavy atom. The maximum Gasteiger partial charge on any atom is 0.0366 e. The predicted molar refractivity (Wildman–Crippen MR) is 88.3 cm³/mol. The summed E-state index contributed by atoms with van der Waals surface area (Å²) in [5.74, 6) is 0.740. The molecule has 0 aromatic heterocycles. The van der Waals surface area contributed by atoms with Gasteiger partial charge in [0.15, 0.2) is 0 Å². The molecule has 1 fully saturated rings. The lowest BCUT2D eigenvalue weighted by atomic mass is 9.69. The fourth-order valence-electron chi connectivity index (χ4n) is 3.65. The molecule has 0 saturated heterocycles. The normalized spacial score (nSPS) is 25.4. The van der Waals surface area contributed by atoms with Gasteiger partial charge < -0.3 is 10.2 Å². The quantitative estimate of drug-likeness (QED) is 0.875. The van der Waals surface area contributed by atoms with Crippen LogP contribution in [-0.4, -0.2) is 26.2 Å². The van der Waals surface area contributed by atoms with Crippen molar-refractivity contribution in [3.63, 3.8) is 0 Å². The van der Waals surface area contributed by atoms with Gasteiger partial charge >= 0.3 is 0 Å². The van der Waals surface area contributed by atoms with Crippen molar-refractivity contribution in [1.29, 1.82) is 0 Å². The summed E-state index contributed by atoms with van der Waals surface area (Å²) in [6, 6.07) is 11.5. The second-order valence-corrected chi connectivity index (χ2v) is 6.94. The van der Waals surface area contributed by atoms with Gasteiger partial charge in [0, 0.05) is 24.8 Å². The minimum atomic E-state index is 0.494. The Morgan fingerprint density at radius 3 is 2.55 bits per heavy atom. The third-order valence-corrected chi connectivity index (χ3v) is 4.84. The lowest BCUT2D eigenvalue weighted by Crippen LogP contribution is -2.46. The van der Waals surface area contributed by atoms with Crippen molar-refractivity contribution in [2.75, 3.05) is 25.0 Å². The molecule has 0 amide bonds. The fourth-order valence-corrected chi connectivity index (χ4v) is 3.65. The maximum absolute atomic E-state index is 3.55. The average molecular weight is 274 g/mol. The first kappa shape index (κ1) is 15.4. The minimum absolute atomic E-state index is 0.494. The van der Waals surface area contributed by atoms with E-state index in [1.807, 2.05) is 0 Å². The summed E-state index contributed by atoms with van der Waals surface area (Å²) in [5.41, 5.74) is 1.85. The Morgan fingerprint density at radius 1 is 1.25 bits per heavy atom. The molecule has 1 aliphatic carbocycles. The maximum atomic E-state index is 3.55. The number of benzene rings is 1. The van der Waals surface area contributed by atoms with Gasteiger partial charge in [0.1, 0.15) is 0 Å². The first-order valence-corrected chi connectivity index (χ1v) is 8.03. The zero-order valence-corrected chi connectivity index (χ0v) is 13.5. The van der Waals surface area contributed by atoms with Gasteiger partial charge in [-0.05, 0) is 56.7 Å². The van der Waals surface area contributed by atoms with E-state index >= 15 is 0 Å². The largest absolute Gasteiger partial charge is 0.371 e. The third-order valence-electron chi connectivity index (χ3n) is 4.84. The van der Waals surface area contributed by atoms with E-state index in [1.165, 1.54) is 24.9 Å². The summed E-state index contributed by atoms with van der Waals surface area (Å²) in [6.45, 7) is 9.34. The van der Waals surface area contributed by atoms with E-state index in [1.54, 1.807) is 0 Å². The van der Waals surface area contributed by atoms with Crippen LogP contribution in [0.25, 0.3) is 0 Å². The molecule has 2 heteroatoms. The molecule has 0 heterocycles. The molecule has 0 bridgehead atoms. The van der Waals surface area contributed by atoms with Crippen LogP contribution in [0.4, 0.5) is 5.69 Å². The third kappa shape index (κ3) is 3.76. The second-order valence-electron chi connectivity index (χ2n) is 6.94. The minimum Gasteiger partial charge on any atom is -0.371 e. The molecule has 0 radical (unpaired) electrons. The molecule has 1 aromatic rings. The highest BCUT2D eigenvalue weighted by atomic mass is 15.1. The summed E-state index contributed by atoms with van der Waals surface area (Å²) in [5, 5.41) is 3.55. The molecule has 2 nitrogen and oxygen atoms in total. The van der Waals surface area contributed by atoms with Gasteiger partial charge in [-0.25, -0.2) is 0 Å². The van der Waals surface area contributed by atoms with Crippen LogP contribution in [-0.2, 0) is 0 Å². The van der Waals surface area contributed by atoms with Crippen LogP contribution in [0.3, 0.4) is 0 Å². The highest BCUT2D eigenvalue weighted by molar-refractivity contribution is 5.45. The number of nitrogens with one attached hydrogen (secondary N) is 1. The van der Waals surface area contributed by atoms with Crippen molar-refractivity contribution >= 4 is 5.69 Å². The van der Waals surface area contributed by atoms with Gasteiger partial charge in [-0.3, -0.25) is 0 Å². The number of hydrogen-bond acceptors (Lipinski definition) is 2. The number of hydrogen-bond donors (Lipinski definition) is 1. The van der Waals surface area contributed by atoms with Crippen LogP contribution in [0.2, 0.25) is 0 Å². The molecule has 1 aromatic carbocycles. The summed E-state index contributed by atoms with van der Waals surface area (Å²) >= 11 is 0. The van der Waals surface area contributed by atoms with Gasteiger partial charge in [-0.2, -0.15) is 0 Å². The average Bonchev–Trinajstić information content (AvgIpc) is 2.45. The molecule has 112 valence electrons. The zero-order valence-electron chi connectivity index (χ0n) is 13.5. The lowest BCUT2D eigenvalue weighted by Gasteiger charge is -2.43. The molecule has 0 spiro atoms. The first-order valence-electron chi connectivity index (χ1n) is 8.03. The van der Waals surface area contributed by atoms with Crippen molar-refractivity contribution in [1.82, 2.24) is 5.32 Å². The van der Waals surface area contributed by atoms with Crippen LogP contribution in [0.5, 0.6) is 0 Å². The SMILES string of the molecule is CCN(CC1CC(C)(C)CCC1NC)c1ccccc1. The van der Waals surface area contributed by atoms with E-state index in [-0.39, 0.29) is 0 Å². The molecular formula is C18H30N2. The summed E-state index contributed by atoms with van der Waals surface area (Å²) in [6.07, 6.45) is 3.97. The van der Waals surface area contributed by atoms with E-state index in [9.17, 15) is 0 Å². The highest BCUT2D eigenvalue weighted by Crippen LogP contribution is 2.39. The van der Waals surface area contributed by atoms with Gasteiger partial charge in [-0.15, -0.1) is 0 Å². The van der Waals surface area contributed by atoms with Gasteiger partial charge in [-0.1, -0.05) is 32.0 Å². The van der Waals surface area contributed by atoms with Crippen LogP contribution in [0.15, 0.2) is 30.3 Å². The number of para-hydroxylation sites is 1. The smallest absolute Gasteiger partial charge is 0.0366 e. The zero-order chi connectivity index (χ0) is 14.6. The topological polar surface area (TPSA) is 15.3 Å². The molecular weight excluding hydrogens is 244 g/mol. The highest BCUT2D eigenvalue weighted by Gasteiger charge is 2.34. The molecule has 0 aliphatic heterocycles. The van der Waals surface area contributed by atoms with E-state index in [0.717, 1.165) is 19.0 Å². The number of nitrogens with zero attached hydrogens (tertiary/aromatic N) is 1. The number of anilines is 1. The Kier molecular flexibility index (Phi) is 5.09. The second kappa shape index (κ2) is 6.62. The fraction of sp³-hybridized carbons (Fsp3) is 0.667. The Balaban J connectivity index is 2.08. The first-order chi connectivity index (χ1) is 9.55. The van der Waals surface area contributed by atoms with E-state index in [4.69, 9.17) is 0 Å². The molecule has 1 aliphatic rings. The van der Waals surface area contributed by atoms with Gasteiger partial charge in [0.2, 0.25) is 0 Å². The van der Waals surface area contributed by atoms with E-state index in [2.05, 4.69) is 68.4 Å². The number of rotatable bonds is 5. The summed E-state index contributed by atoms with van der Waals surface area (Å²) in [7, 11) is 2.12. The van der Waals surface area contributed by atoms with Crippen molar-refractivity contribution in [2.24, 2.45) is 11.3 Å². The molecule has 1 saturated carbocycles. The Bertz CT molecular complexity index is 399. The van der Waals surface area contributed by atoms with Crippen LogP contribution in [0.1, 0.15) is 40.0 Å². The molecule has 2 rings (SSSR count). The van der Waals surface area contributed by atoms with Crippen LogP contribution >= 0.6 is 0 Å². The van der Waals surface area contributed by atoms with Crippen molar-refractivity contribution < 1.29 is 0 Å². The van der Waals surface area contributed by atoms with Crippen LogP contribution < -0.4 is 10.2 Å². The van der Waals surface area contributed by atoms with E-state index in [0.29, 0.717) is 11.5 Å². The van der Waals surface area contributed by atoms with Gasteiger partial charge in [0.25, 0.3) is 0 Å². The van der Waals surface area contributed by atoms with Crippen molar-refractivity contribution in [3.05, 3.63) is 30.3 Å². The molecule has 1 N–H and O–H groups in total. The van der Waals surface area contributed by atoms with Crippen molar-refractivity contribution in [3.8, 4) is 0 Å².